The van der Waals surface area contributed by atoms with E-state index in [1.165, 1.54) is 23.1 Å². The first-order chi connectivity index (χ1) is 21.5. The zero-order valence-electron chi connectivity index (χ0n) is 26.2. The van der Waals surface area contributed by atoms with E-state index in [2.05, 4.69) is 5.32 Å². The predicted octanol–water partition coefficient (Wildman–Crippen LogP) is 6.11. The molecule has 45 heavy (non-hydrogen) atoms. The van der Waals surface area contributed by atoms with Crippen LogP contribution in [0.3, 0.4) is 0 Å². The van der Waals surface area contributed by atoms with Crippen molar-refractivity contribution in [1.29, 1.82) is 0 Å². The number of sulfonamides is 1. The van der Waals surface area contributed by atoms with Crippen LogP contribution in [0.5, 0.6) is 0 Å². The predicted molar refractivity (Wildman–Crippen MR) is 176 cm³/mol. The number of aryl methyl sites for hydroxylation is 3. The van der Waals surface area contributed by atoms with Gasteiger partial charge in [0.2, 0.25) is 11.8 Å². The monoisotopic (exact) mass is 629 g/mol. The normalized spacial score (nSPS) is 11.9. The van der Waals surface area contributed by atoms with Crippen molar-refractivity contribution in [2.24, 2.45) is 0 Å². The number of hydrogen-bond donors (Lipinski definition) is 1. The molecule has 0 saturated carbocycles. The molecule has 2 amide bonds. The lowest BCUT2D eigenvalue weighted by atomic mass is 10.0. The zero-order valence-corrected chi connectivity index (χ0v) is 27.0. The van der Waals surface area contributed by atoms with E-state index in [-0.39, 0.29) is 23.4 Å². The van der Waals surface area contributed by atoms with Crippen molar-refractivity contribution in [2.45, 2.75) is 58.0 Å². The maximum absolute atomic E-state index is 15.0. The molecular weight excluding hydrogens is 589 g/mol. The molecule has 1 atom stereocenters. The molecule has 0 aromatic heterocycles. The third kappa shape index (κ3) is 8.36. The molecule has 0 aliphatic heterocycles. The highest BCUT2D eigenvalue weighted by molar-refractivity contribution is 7.92. The van der Waals surface area contributed by atoms with E-state index in [0.717, 1.165) is 21.0 Å². The van der Waals surface area contributed by atoms with E-state index in [1.807, 2.05) is 57.2 Å². The lowest BCUT2D eigenvalue weighted by Gasteiger charge is -2.34. The molecule has 9 heteroatoms. The molecule has 236 valence electrons. The number of carbonyl (C=O) groups is 2. The minimum atomic E-state index is -4.23. The molecule has 4 rings (SSSR count). The fourth-order valence-electron chi connectivity index (χ4n) is 5.07. The van der Waals surface area contributed by atoms with Crippen molar-refractivity contribution in [3.8, 4) is 0 Å². The highest BCUT2D eigenvalue weighted by atomic mass is 32.2. The molecule has 0 spiro atoms. The highest BCUT2D eigenvalue weighted by Gasteiger charge is 2.35. The summed E-state index contributed by atoms with van der Waals surface area (Å²) in [5.41, 5.74) is 3.74. The van der Waals surface area contributed by atoms with Gasteiger partial charge in [-0.1, -0.05) is 85.3 Å². The van der Waals surface area contributed by atoms with Crippen LogP contribution < -0.4 is 9.62 Å². The van der Waals surface area contributed by atoms with Crippen LogP contribution in [0.2, 0.25) is 0 Å². The summed E-state index contributed by atoms with van der Waals surface area (Å²) in [6.45, 7) is 6.98. The summed E-state index contributed by atoms with van der Waals surface area (Å²) < 4.78 is 44.6. The second kappa shape index (κ2) is 15.0. The van der Waals surface area contributed by atoms with Crippen molar-refractivity contribution in [1.82, 2.24) is 10.2 Å². The van der Waals surface area contributed by atoms with Gasteiger partial charge in [0.1, 0.15) is 18.4 Å². The van der Waals surface area contributed by atoms with Gasteiger partial charge < -0.3 is 10.2 Å². The van der Waals surface area contributed by atoms with Crippen molar-refractivity contribution >= 4 is 27.5 Å². The number of carbonyl (C=O) groups excluding carboxylic acids is 2. The topological polar surface area (TPSA) is 86.8 Å². The van der Waals surface area contributed by atoms with Crippen LogP contribution in [-0.2, 0) is 32.6 Å². The number of halogens is 1. The number of anilines is 1. The van der Waals surface area contributed by atoms with Gasteiger partial charge in [-0.3, -0.25) is 13.9 Å². The Morgan fingerprint density at radius 1 is 0.844 bits per heavy atom. The zero-order chi connectivity index (χ0) is 32.6. The van der Waals surface area contributed by atoms with Gasteiger partial charge in [0.05, 0.1) is 10.6 Å². The van der Waals surface area contributed by atoms with E-state index in [1.54, 1.807) is 49.4 Å². The van der Waals surface area contributed by atoms with Gasteiger partial charge >= 0.3 is 0 Å². The summed E-state index contributed by atoms with van der Waals surface area (Å²) in [6.07, 6.45) is 0.838. The van der Waals surface area contributed by atoms with Gasteiger partial charge in [0.15, 0.2) is 0 Å². The largest absolute Gasteiger partial charge is 0.354 e. The summed E-state index contributed by atoms with van der Waals surface area (Å²) in [6, 6.07) is 26.1. The number of hydrogen-bond acceptors (Lipinski definition) is 4. The van der Waals surface area contributed by atoms with E-state index < -0.39 is 40.2 Å². The quantitative estimate of drug-likeness (QED) is 0.193. The Hall–Kier alpha value is -4.50. The van der Waals surface area contributed by atoms with Gasteiger partial charge in [-0.05, 0) is 68.1 Å². The third-order valence-electron chi connectivity index (χ3n) is 7.64. The first-order valence-corrected chi connectivity index (χ1v) is 16.5. The van der Waals surface area contributed by atoms with Crippen LogP contribution >= 0.6 is 0 Å². The van der Waals surface area contributed by atoms with Gasteiger partial charge in [0.25, 0.3) is 10.0 Å². The summed E-state index contributed by atoms with van der Waals surface area (Å²) in [4.78, 5) is 29.5. The summed E-state index contributed by atoms with van der Waals surface area (Å²) in [7, 11) is -4.23. The number of nitrogens with zero attached hydrogens (tertiary/aromatic N) is 2. The maximum atomic E-state index is 15.0. The third-order valence-corrected chi connectivity index (χ3v) is 9.41. The minimum Gasteiger partial charge on any atom is -0.354 e. The Labute approximate surface area is 265 Å². The molecular formula is C36H40FN3O4S. The van der Waals surface area contributed by atoms with E-state index >= 15 is 4.39 Å². The summed E-state index contributed by atoms with van der Waals surface area (Å²) in [5, 5.41) is 2.89. The molecule has 4 aromatic carbocycles. The first kappa shape index (κ1) is 33.4. The van der Waals surface area contributed by atoms with Gasteiger partial charge in [-0.25, -0.2) is 12.8 Å². The molecule has 7 nitrogen and oxygen atoms in total. The van der Waals surface area contributed by atoms with Crippen molar-refractivity contribution in [3.05, 3.63) is 131 Å². The second-order valence-corrected chi connectivity index (χ2v) is 13.1. The lowest BCUT2D eigenvalue weighted by Crippen LogP contribution is -2.53. The average Bonchev–Trinajstić information content (AvgIpc) is 3.03. The number of nitrogens with one attached hydrogen (secondary N) is 1. The van der Waals surface area contributed by atoms with Crippen LogP contribution in [-0.4, -0.2) is 44.3 Å². The molecule has 1 N–H and O–H groups in total. The Morgan fingerprint density at radius 2 is 1.49 bits per heavy atom. The SMILES string of the molecule is CCCNC(=O)C(Cc1ccccc1)N(Cc1ccccc1F)C(=O)CN(c1cc(C)ccc1C)S(=O)(=O)c1ccc(C)cc1. The molecule has 0 aliphatic carbocycles. The maximum Gasteiger partial charge on any atom is 0.264 e. The Kier molecular flexibility index (Phi) is 11.1. The highest BCUT2D eigenvalue weighted by Crippen LogP contribution is 2.29. The van der Waals surface area contributed by atoms with Gasteiger partial charge in [0, 0.05) is 25.1 Å². The summed E-state index contributed by atoms with van der Waals surface area (Å²) in [5.74, 6) is -1.56. The Bertz CT molecular complexity index is 1730. The molecule has 4 aromatic rings. The fraction of sp³-hybridized carbons (Fsp3) is 0.278. The van der Waals surface area contributed by atoms with Crippen LogP contribution in [0.1, 0.15) is 41.2 Å². The molecule has 1 unspecified atom stereocenters. The fourth-order valence-corrected chi connectivity index (χ4v) is 6.54. The van der Waals surface area contributed by atoms with Crippen molar-refractivity contribution in [3.63, 3.8) is 0 Å². The standard InChI is InChI=1S/C36H40FN3O4S/c1-5-21-38-36(42)34(23-29-11-7-6-8-12-29)39(24-30-13-9-10-14-32(30)37)35(41)25-40(33-22-27(3)15-18-28(33)4)45(43,44)31-19-16-26(2)17-20-31/h6-20,22,34H,5,21,23-25H2,1-4H3,(H,38,42). The Balaban J connectivity index is 1.83. The number of rotatable bonds is 13. The van der Waals surface area contributed by atoms with E-state index in [9.17, 15) is 18.0 Å². The van der Waals surface area contributed by atoms with Crippen molar-refractivity contribution < 1.29 is 22.4 Å². The number of amides is 2. The van der Waals surface area contributed by atoms with E-state index in [0.29, 0.717) is 24.2 Å². The smallest absolute Gasteiger partial charge is 0.264 e. The molecule has 0 saturated heterocycles. The molecule has 0 bridgehead atoms. The van der Waals surface area contributed by atoms with Crippen molar-refractivity contribution in [2.75, 3.05) is 17.4 Å². The van der Waals surface area contributed by atoms with Crippen LogP contribution in [0, 0.1) is 26.6 Å². The summed E-state index contributed by atoms with van der Waals surface area (Å²) >= 11 is 0. The second-order valence-electron chi connectivity index (χ2n) is 11.2. The van der Waals surface area contributed by atoms with Gasteiger partial charge in [-0.15, -0.1) is 0 Å². The van der Waals surface area contributed by atoms with E-state index in [4.69, 9.17) is 0 Å². The number of benzene rings is 4. The molecule has 0 aliphatic rings. The lowest BCUT2D eigenvalue weighted by molar-refractivity contribution is -0.140. The molecule has 0 radical (unpaired) electrons. The van der Waals surface area contributed by atoms with Crippen LogP contribution in [0.25, 0.3) is 0 Å². The first-order valence-electron chi connectivity index (χ1n) is 15.0. The van der Waals surface area contributed by atoms with Crippen LogP contribution in [0.15, 0.2) is 102 Å². The molecule has 0 heterocycles. The van der Waals surface area contributed by atoms with Gasteiger partial charge in [-0.2, -0.15) is 0 Å². The Morgan fingerprint density at radius 3 is 2.16 bits per heavy atom. The average molecular weight is 630 g/mol. The van der Waals surface area contributed by atoms with Crippen LogP contribution in [0.4, 0.5) is 10.1 Å². The minimum absolute atomic E-state index is 0.0315. The molecule has 0 fully saturated rings.